The number of carboxylic acid groups (broad SMARTS) is 1. The van der Waals surface area contributed by atoms with Crippen molar-refractivity contribution in [2.24, 2.45) is 29.6 Å². The molecule has 6 unspecified atom stereocenters. The largest absolute Gasteiger partial charge is 0.481 e. The number of carboxylic acids is 1. The molecule has 1 fully saturated rings. The molecule has 0 radical (unpaired) electrons. The third kappa shape index (κ3) is 63.6. The topological polar surface area (TPSA) is 74.6 Å². The fourth-order valence-corrected chi connectivity index (χ4v) is 15.7. The van der Waals surface area contributed by atoms with Crippen LogP contribution < -0.4 is 0 Å². The molecule has 0 aliphatic heterocycles. The predicted octanol–water partition coefficient (Wildman–Crippen LogP) is 30.4. The van der Waals surface area contributed by atoms with Crippen LogP contribution in [0.25, 0.3) is 0 Å². The van der Waals surface area contributed by atoms with E-state index in [1.165, 1.54) is 424 Å². The maximum atomic E-state index is 12.7. The van der Waals surface area contributed by atoms with Crippen LogP contribution in [0.3, 0.4) is 0 Å². The fraction of sp³-hybridized carbons (Fsp3) is 0.977. The van der Waals surface area contributed by atoms with Crippen LogP contribution in [0.1, 0.15) is 509 Å². The molecule has 1 aliphatic rings. The van der Waals surface area contributed by atoms with Crippen molar-refractivity contribution < 1.29 is 19.8 Å². The van der Waals surface area contributed by atoms with Gasteiger partial charge >= 0.3 is 5.97 Å². The average molecular weight is 1280 g/mol. The molecule has 0 aromatic rings. The lowest BCUT2D eigenvalue weighted by atomic mass is 9.91. The van der Waals surface area contributed by atoms with Crippen molar-refractivity contribution >= 4 is 11.8 Å². The summed E-state index contributed by atoms with van der Waals surface area (Å²) in [4.78, 5) is 24.7. The van der Waals surface area contributed by atoms with Crippen molar-refractivity contribution in [1.82, 2.24) is 0 Å². The Kier molecular flexibility index (Phi) is 69.6. The van der Waals surface area contributed by atoms with Gasteiger partial charge in [-0.05, 0) is 49.9 Å². The lowest BCUT2D eigenvalue weighted by Crippen LogP contribution is -2.28. The van der Waals surface area contributed by atoms with Crippen LogP contribution in [0.4, 0.5) is 0 Å². The van der Waals surface area contributed by atoms with Crippen LogP contribution in [0.5, 0.6) is 0 Å². The molecule has 1 aliphatic carbocycles. The standard InChI is InChI=1S/C87H170O4/c1-5-7-9-11-13-15-17-19-21-23-24-25-26-27-28-33-40-46-52-58-64-70-76-83(87(90)91)86(89)78-72-66-60-54-48-42-34-30-29-32-39-45-51-57-63-69-75-82-79-84(82)80(3)73-67-61-55-49-43-37-35-36-41-47-53-59-65-71-77-85(88)81(4)74-68-62-56-50-44-38-31-22-20-18-16-14-12-10-8-6-2/h80-84,86,89H,5-79H2,1-4H3,(H,90,91). The van der Waals surface area contributed by atoms with E-state index in [4.69, 9.17) is 0 Å². The van der Waals surface area contributed by atoms with Crippen LogP contribution in [0.2, 0.25) is 0 Å². The number of ketones is 1. The Morgan fingerprint density at radius 2 is 0.527 bits per heavy atom. The second-order valence-corrected chi connectivity index (χ2v) is 31.5. The number of rotatable bonds is 80. The van der Waals surface area contributed by atoms with Crippen molar-refractivity contribution in [3.63, 3.8) is 0 Å². The number of aliphatic hydroxyl groups excluding tert-OH is 1. The van der Waals surface area contributed by atoms with E-state index in [1.807, 2.05) is 0 Å². The highest BCUT2D eigenvalue weighted by molar-refractivity contribution is 5.80. The van der Waals surface area contributed by atoms with E-state index in [9.17, 15) is 19.8 Å². The van der Waals surface area contributed by atoms with E-state index >= 15 is 0 Å². The van der Waals surface area contributed by atoms with Gasteiger partial charge in [-0.3, -0.25) is 9.59 Å². The normalized spacial score (nSPS) is 15.4. The Hall–Kier alpha value is -0.900. The number of carbonyl (C=O) groups is 2. The SMILES string of the molecule is CCCCCCCCCCCCCCCCCCCCCCCCC(C(=O)O)C(O)CCCCCCCCCCCCCCCCCCC1CC1C(C)CCCCCCCCCCCCCCCCC(=O)C(C)CCCCCCCCCCCCCCCCCC. The molecule has 1 rings (SSSR count). The van der Waals surface area contributed by atoms with E-state index in [1.54, 1.807) is 0 Å². The lowest BCUT2D eigenvalue weighted by Gasteiger charge is -2.19. The van der Waals surface area contributed by atoms with Crippen LogP contribution in [-0.2, 0) is 9.59 Å². The maximum absolute atomic E-state index is 12.7. The van der Waals surface area contributed by atoms with Crippen molar-refractivity contribution in [3.8, 4) is 0 Å². The Morgan fingerprint density at radius 3 is 0.813 bits per heavy atom. The average Bonchev–Trinajstić information content (AvgIpc) is 1.82. The van der Waals surface area contributed by atoms with Gasteiger partial charge in [-0.2, -0.15) is 0 Å². The molecule has 0 amide bonds. The summed E-state index contributed by atoms with van der Waals surface area (Å²) in [5, 5.41) is 20.6. The molecule has 2 N–H and O–H groups in total. The molecule has 91 heavy (non-hydrogen) atoms. The second-order valence-electron chi connectivity index (χ2n) is 31.5. The Labute approximate surface area is 573 Å². The molecule has 0 saturated heterocycles. The molecule has 6 atom stereocenters. The first-order valence-corrected chi connectivity index (χ1v) is 43.2. The molecular weight excluding hydrogens is 1110 g/mol. The Bertz CT molecular complexity index is 1430. The van der Waals surface area contributed by atoms with Gasteiger partial charge in [0.1, 0.15) is 5.78 Å². The van der Waals surface area contributed by atoms with Crippen molar-refractivity contribution in [1.29, 1.82) is 0 Å². The maximum Gasteiger partial charge on any atom is 0.309 e. The Morgan fingerprint density at radius 1 is 0.297 bits per heavy atom. The minimum Gasteiger partial charge on any atom is -0.481 e. The van der Waals surface area contributed by atoms with Gasteiger partial charge in [-0.25, -0.2) is 0 Å². The van der Waals surface area contributed by atoms with Gasteiger partial charge in [0.15, 0.2) is 0 Å². The summed E-state index contributed by atoms with van der Waals surface area (Å²) in [6.45, 7) is 9.36. The van der Waals surface area contributed by atoms with Gasteiger partial charge in [0.2, 0.25) is 0 Å². The number of hydrogen-bond acceptors (Lipinski definition) is 3. The molecule has 4 nitrogen and oxygen atoms in total. The lowest BCUT2D eigenvalue weighted by molar-refractivity contribution is -0.146. The molecule has 0 spiro atoms. The van der Waals surface area contributed by atoms with E-state index in [2.05, 4.69) is 27.7 Å². The van der Waals surface area contributed by atoms with Crippen molar-refractivity contribution in [2.45, 2.75) is 515 Å². The molecule has 0 heterocycles. The Balaban J connectivity index is 1.77. The van der Waals surface area contributed by atoms with Crippen molar-refractivity contribution in [2.75, 3.05) is 0 Å². The summed E-state index contributed by atoms with van der Waals surface area (Å²) in [6.07, 6.45) is 101. The van der Waals surface area contributed by atoms with Gasteiger partial charge in [0.05, 0.1) is 12.0 Å². The van der Waals surface area contributed by atoms with Gasteiger partial charge in [0.25, 0.3) is 0 Å². The van der Waals surface area contributed by atoms with E-state index in [0.29, 0.717) is 18.6 Å². The number of carbonyl (C=O) groups excluding carboxylic acids is 1. The monoisotopic (exact) mass is 1280 g/mol. The highest BCUT2D eigenvalue weighted by atomic mass is 16.4. The molecule has 0 aromatic heterocycles. The zero-order chi connectivity index (χ0) is 65.7. The third-order valence-electron chi connectivity index (χ3n) is 22.6. The molecule has 1 saturated carbocycles. The summed E-state index contributed by atoms with van der Waals surface area (Å²) in [7, 11) is 0. The molecule has 4 heteroatoms. The van der Waals surface area contributed by atoms with Gasteiger partial charge in [0, 0.05) is 12.3 Å². The predicted molar refractivity (Wildman–Crippen MR) is 405 cm³/mol. The highest BCUT2D eigenvalue weighted by Gasteiger charge is 2.39. The summed E-state index contributed by atoms with van der Waals surface area (Å²) in [5.41, 5.74) is 0. The van der Waals surface area contributed by atoms with Crippen LogP contribution in [-0.4, -0.2) is 28.1 Å². The summed E-state index contributed by atoms with van der Waals surface area (Å²) in [6, 6.07) is 0. The number of aliphatic carboxylic acids is 1. The minimum atomic E-state index is -0.800. The summed E-state index contributed by atoms with van der Waals surface area (Å²) < 4.78 is 0. The zero-order valence-electron chi connectivity index (χ0n) is 63.2. The van der Waals surface area contributed by atoms with Crippen LogP contribution >= 0.6 is 0 Å². The number of Topliss-reactive ketones (excluding diaryl/α,β-unsaturated/α-hetero) is 1. The molecule has 0 aromatic carbocycles. The van der Waals surface area contributed by atoms with Crippen LogP contribution in [0, 0.1) is 29.6 Å². The highest BCUT2D eigenvalue weighted by Crippen LogP contribution is 2.49. The quantitative estimate of drug-likeness (QED) is 0.0595. The first kappa shape index (κ1) is 88.1. The van der Waals surface area contributed by atoms with E-state index in [-0.39, 0.29) is 5.92 Å². The number of hydrogen-bond donors (Lipinski definition) is 2. The first-order chi connectivity index (χ1) is 44.8. The van der Waals surface area contributed by atoms with Gasteiger partial charge in [-0.15, -0.1) is 0 Å². The number of aliphatic hydroxyl groups is 1. The molecule has 542 valence electrons. The van der Waals surface area contributed by atoms with Gasteiger partial charge < -0.3 is 10.2 Å². The molecular formula is C87H170O4. The minimum absolute atomic E-state index is 0.281. The fourth-order valence-electron chi connectivity index (χ4n) is 15.7. The summed E-state index contributed by atoms with van der Waals surface area (Å²) in [5.74, 6) is 2.50. The number of unbranched alkanes of at least 4 members (excludes halogenated alkanes) is 64. The van der Waals surface area contributed by atoms with Crippen LogP contribution in [0.15, 0.2) is 0 Å². The van der Waals surface area contributed by atoms with E-state index in [0.717, 1.165) is 62.7 Å². The second kappa shape index (κ2) is 71.9. The summed E-state index contributed by atoms with van der Waals surface area (Å²) >= 11 is 0. The first-order valence-electron chi connectivity index (χ1n) is 43.2. The van der Waals surface area contributed by atoms with Crippen molar-refractivity contribution in [3.05, 3.63) is 0 Å². The molecule has 0 bridgehead atoms. The van der Waals surface area contributed by atoms with E-state index < -0.39 is 18.0 Å². The third-order valence-corrected chi connectivity index (χ3v) is 22.6. The zero-order valence-corrected chi connectivity index (χ0v) is 63.2. The van der Waals surface area contributed by atoms with Gasteiger partial charge in [-0.1, -0.05) is 471 Å². The smallest absolute Gasteiger partial charge is 0.309 e.